The molecule has 4 rings (SSSR count). The molecule has 0 aromatic rings. The second kappa shape index (κ2) is 4.24. The van der Waals surface area contributed by atoms with E-state index in [0.717, 1.165) is 29.6 Å². The Balaban J connectivity index is 1.67. The molecular formula is C19H28. The van der Waals surface area contributed by atoms with Crippen molar-refractivity contribution in [2.75, 3.05) is 0 Å². The topological polar surface area (TPSA) is 0 Å². The van der Waals surface area contributed by atoms with E-state index >= 15 is 0 Å². The number of hydrogen-bond acceptors (Lipinski definition) is 0. The SMILES string of the molecule is C=C1C[C@]2(C)CC=C[C@H]2[C@@H]2CCC3CCCC[C@@H]3[C@@H]12. The normalized spacial score (nSPS) is 52.5. The predicted octanol–water partition coefficient (Wildman–Crippen LogP) is 5.36. The van der Waals surface area contributed by atoms with E-state index in [1.165, 1.54) is 51.4 Å². The molecule has 3 fully saturated rings. The van der Waals surface area contributed by atoms with E-state index in [-0.39, 0.29) is 0 Å². The van der Waals surface area contributed by atoms with Gasteiger partial charge in [-0.3, -0.25) is 0 Å². The quantitative estimate of drug-likeness (QED) is 0.512. The molecule has 3 saturated carbocycles. The van der Waals surface area contributed by atoms with Crippen LogP contribution in [0, 0.1) is 35.0 Å². The van der Waals surface area contributed by atoms with Crippen LogP contribution in [0.5, 0.6) is 0 Å². The fourth-order valence-corrected chi connectivity index (χ4v) is 6.32. The largest absolute Gasteiger partial charge is 0.0995 e. The van der Waals surface area contributed by atoms with E-state index in [0.29, 0.717) is 5.41 Å². The van der Waals surface area contributed by atoms with Crippen molar-refractivity contribution in [2.45, 2.75) is 58.3 Å². The lowest BCUT2D eigenvalue weighted by Gasteiger charge is -2.55. The maximum atomic E-state index is 4.57. The Morgan fingerprint density at radius 1 is 1.11 bits per heavy atom. The van der Waals surface area contributed by atoms with Gasteiger partial charge in [-0.1, -0.05) is 50.5 Å². The van der Waals surface area contributed by atoms with E-state index < -0.39 is 0 Å². The highest BCUT2D eigenvalue weighted by atomic mass is 14.6. The van der Waals surface area contributed by atoms with E-state index in [9.17, 15) is 0 Å². The van der Waals surface area contributed by atoms with Crippen LogP contribution in [0.25, 0.3) is 0 Å². The van der Waals surface area contributed by atoms with Gasteiger partial charge in [0, 0.05) is 0 Å². The molecule has 0 heterocycles. The van der Waals surface area contributed by atoms with Gasteiger partial charge in [0.15, 0.2) is 0 Å². The second-order valence-electron chi connectivity index (χ2n) is 8.12. The monoisotopic (exact) mass is 256 g/mol. The molecule has 4 aliphatic rings. The minimum atomic E-state index is 0.528. The average Bonchev–Trinajstić information content (AvgIpc) is 2.79. The summed E-state index contributed by atoms with van der Waals surface area (Å²) in [5.41, 5.74) is 2.16. The molecule has 6 atom stereocenters. The van der Waals surface area contributed by atoms with Gasteiger partial charge in [-0.25, -0.2) is 0 Å². The second-order valence-corrected chi connectivity index (χ2v) is 8.12. The Hall–Kier alpha value is -0.520. The van der Waals surface area contributed by atoms with E-state index in [1.807, 2.05) is 0 Å². The van der Waals surface area contributed by atoms with Gasteiger partial charge in [-0.15, -0.1) is 0 Å². The highest BCUT2D eigenvalue weighted by Gasteiger charge is 2.53. The van der Waals surface area contributed by atoms with Crippen LogP contribution in [0.3, 0.4) is 0 Å². The van der Waals surface area contributed by atoms with Crippen LogP contribution >= 0.6 is 0 Å². The van der Waals surface area contributed by atoms with Crippen LogP contribution < -0.4 is 0 Å². The Bertz CT molecular complexity index is 418. The van der Waals surface area contributed by atoms with E-state index in [1.54, 1.807) is 5.57 Å². The Morgan fingerprint density at radius 3 is 2.84 bits per heavy atom. The molecule has 0 amide bonds. The molecular weight excluding hydrogens is 228 g/mol. The third-order valence-corrected chi connectivity index (χ3v) is 7.06. The summed E-state index contributed by atoms with van der Waals surface area (Å²) in [5.74, 6) is 4.72. The molecule has 104 valence electrons. The molecule has 19 heavy (non-hydrogen) atoms. The van der Waals surface area contributed by atoms with Gasteiger partial charge >= 0.3 is 0 Å². The third kappa shape index (κ3) is 1.71. The minimum absolute atomic E-state index is 0.528. The van der Waals surface area contributed by atoms with Crippen LogP contribution in [0.4, 0.5) is 0 Å². The summed E-state index contributed by atoms with van der Waals surface area (Å²) in [6.07, 6.45) is 16.6. The zero-order valence-corrected chi connectivity index (χ0v) is 12.4. The van der Waals surface area contributed by atoms with E-state index in [4.69, 9.17) is 0 Å². The first-order valence-corrected chi connectivity index (χ1v) is 8.53. The maximum absolute atomic E-state index is 4.57. The first-order chi connectivity index (χ1) is 9.19. The van der Waals surface area contributed by atoms with Crippen molar-refractivity contribution in [3.05, 3.63) is 24.3 Å². The zero-order chi connectivity index (χ0) is 13.0. The number of rotatable bonds is 0. The zero-order valence-electron chi connectivity index (χ0n) is 12.4. The third-order valence-electron chi connectivity index (χ3n) is 7.06. The summed E-state index contributed by atoms with van der Waals surface area (Å²) in [7, 11) is 0. The molecule has 0 saturated heterocycles. The maximum Gasteiger partial charge on any atom is -0.0139 e. The Labute approximate surface area is 118 Å². The molecule has 0 aromatic heterocycles. The van der Waals surface area contributed by atoms with Crippen LogP contribution in [-0.2, 0) is 0 Å². The summed E-state index contributed by atoms with van der Waals surface area (Å²) in [6.45, 7) is 7.09. The molecule has 1 unspecified atom stereocenters. The lowest BCUT2D eigenvalue weighted by Crippen LogP contribution is -2.47. The molecule has 0 aromatic carbocycles. The van der Waals surface area contributed by atoms with Crippen molar-refractivity contribution < 1.29 is 0 Å². The van der Waals surface area contributed by atoms with Gasteiger partial charge < -0.3 is 0 Å². The Morgan fingerprint density at radius 2 is 1.95 bits per heavy atom. The molecule has 4 aliphatic carbocycles. The fraction of sp³-hybridized carbons (Fsp3) is 0.789. The molecule has 0 bridgehead atoms. The molecule has 0 aliphatic heterocycles. The van der Waals surface area contributed by atoms with Gasteiger partial charge in [0.25, 0.3) is 0 Å². The first kappa shape index (κ1) is 12.2. The van der Waals surface area contributed by atoms with Crippen LogP contribution in [-0.4, -0.2) is 0 Å². The van der Waals surface area contributed by atoms with E-state index in [2.05, 4.69) is 25.7 Å². The number of allylic oxidation sites excluding steroid dienone is 3. The molecule has 0 nitrogen and oxygen atoms in total. The lowest BCUT2D eigenvalue weighted by molar-refractivity contribution is -0.00392. The fourth-order valence-electron chi connectivity index (χ4n) is 6.32. The molecule has 0 N–H and O–H groups in total. The Kier molecular flexibility index (Phi) is 2.73. The number of fused-ring (bicyclic) bond motifs is 5. The molecule has 0 radical (unpaired) electrons. The minimum Gasteiger partial charge on any atom is -0.0995 e. The van der Waals surface area contributed by atoms with Crippen LogP contribution in [0.1, 0.15) is 58.3 Å². The van der Waals surface area contributed by atoms with Gasteiger partial charge in [0.1, 0.15) is 0 Å². The summed E-state index contributed by atoms with van der Waals surface area (Å²) >= 11 is 0. The summed E-state index contributed by atoms with van der Waals surface area (Å²) in [5, 5.41) is 0. The lowest BCUT2D eigenvalue weighted by atomic mass is 9.49. The van der Waals surface area contributed by atoms with Crippen LogP contribution in [0.15, 0.2) is 24.3 Å². The van der Waals surface area contributed by atoms with Crippen molar-refractivity contribution in [1.82, 2.24) is 0 Å². The van der Waals surface area contributed by atoms with Crippen molar-refractivity contribution in [3.8, 4) is 0 Å². The summed E-state index contributed by atoms with van der Waals surface area (Å²) in [4.78, 5) is 0. The van der Waals surface area contributed by atoms with Crippen molar-refractivity contribution >= 4 is 0 Å². The number of hydrogen-bond donors (Lipinski definition) is 0. The van der Waals surface area contributed by atoms with Crippen molar-refractivity contribution in [2.24, 2.45) is 35.0 Å². The standard InChI is InChI=1S/C19H28/c1-13-12-19(2)11-5-8-17(19)16-10-9-14-6-3-4-7-15(14)18(13)16/h5,8,14-18H,1,3-4,6-7,9-12H2,2H3/t14?,15-,16-,17-,18+,19-/m0/s1. The van der Waals surface area contributed by atoms with Crippen molar-refractivity contribution in [3.63, 3.8) is 0 Å². The smallest absolute Gasteiger partial charge is 0.0139 e. The highest BCUT2D eigenvalue weighted by molar-refractivity contribution is 5.24. The molecule has 0 spiro atoms. The van der Waals surface area contributed by atoms with Crippen molar-refractivity contribution in [1.29, 1.82) is 0 Å². The predicted molar refractivity (Wildman–Crippen MR) is 80.8 cm³/mol. The van der Waals surface area contributed by atoms with Gasteiger partial charge in [0.05, 0.1) is 0 Å². The summed E-state index contributed by atoms with van der Waals surface area (Å²) in [6, 6.07) is 0. The average molecular weight is 256 g/mol. The van der Waals surface area contributed by atoms with Gasteiger partial charge in [-0.05, 0) is 67.1 Å². The first-order valence-electron chi connectivity index (χ1n) is 8.53. The highest BCUT2D eigenvalue weighted by Crippen LogP contribution is 2.61. The van der Waals surface area contributed by atoms with Crippen LogP contribution in [0.2, 0.25) is 0 Å². The van der Waals surface area contributed by atoms with Gasteiger partial charge in [-0.2, -0.15) is 0 Å². The van der Waals surface area contributed by atoms with Gasteiger partial charge in [0.2, 0.25) is 0 Å². The summed E-state index contributed by atoms with van der Waals surface area (Å²) < 4.78 is 0. The molecule has 0 heteroatoms.